The molecule has 0 aliphatic heterocycles. The van der Waals surface area contributed by atoms with Crippen LogP contribution in [0.4, 0.5) is 0 Å². The zero-order valence-electron chi connectivity index (χ0n) is 21.6. The number of aliphatic hydroxyl groups excluding tert-OH is 5. The molecule has 40 heavy (non-hydrogen) atoms. The summed E-state index contributed by atoms with van der Waals surface area (Å²) in [5.74, 6) is -0.506. The monoisotopic (exact) mass is 558 g/mol. The standard InChI is InChI=1S/C28H34N2O10/c1-2-17-8-10-18(11-9-17)12-23(34)29-14-21(33)26(36)27(37)25(30-24(35)15-31)20(32)13-22(28(38)39)40-16-19-6-4-3-5-7-19/h1,3-11,20-22,25-27,31-33,36-37H,12-16H2,(H,29,34)(H,30,35)(H,38,39)/t20-,21+,22-,25+,26+,27?/m0/s1. The minimum absolute atomic E-state index is 0.0519. The second-order valence-electron chi connectivity index (χ2n) is 9.05. The van der Waals surface area contributed by atoms with Crippen molar-refractivity contribution < 1.29 is 49.8 Å². The Morgan fingerprint density at radius 3 is 2.10 bits per heavy atom. The van der Waals surface area contributed by atoms with Crippen molar-refractivity contribution in [2.24, 2.45) is 0 Å². The highest BCUT2D eigenvalue weighted by Crippen LogP contribution is 2.16. The third-order valence-corrected chi connectivity index (χ3v) is 6.02. The molecule has 0 radical (unpaired) electrons. The number of benzene rings is 2. The Morgan fingerprint density at radius 1 is 0.875 bits per heavy atom. The lowest BCUT2D eigenvalue weighted by molar-refractivity contribution is -0.155. The number of hydrogen-bond donors (Lipinski definition) is 8. The summed E-state index contributed by atoms with van der Waals surface area (Å²) in [5, 5.41) is 65.4. The molecule has 0 aromatic heterocycles. The van der Waals surface area contributed by atoms with E-state index in [1.54, 1.807) is 54.6 Å². The maximum absolute atomic E-state index is 12.2. The molecule has 0 aliphatic rings. The first-order valence-corrected chi connectivity index (χ1v) is 12.4. The summed E-state index contributed by atoms with van der Waals surface area (Å²) >= 11 is 0. The predicted molar refractivity (Wildman–Crippen MR) is 141 cm³/mol. The summed E-state index contributed by atoms with van der Waals surface area (Å²) in [5.41, 5.74) is 1.95. The molecule has 0 saturated heterocycles. The van der Waals surface area contributed by atoms with Gasteiger partial charge in [-0.05, 0) is 23.3 Å². The fourth-order valence-electron chi connectivity index (χ4n) is 3.76. The fraction of sp³-hybridized carbons (Fsp3) is 0.393. The Labute approximate surface area is 231 Å². The van der Waals surface area contributed by atoms with Gasteiger partial charge in [0.2, 0.25) is 11.8 Å². The smallest absolute Gasteiger partial charge is 0.332 e. The first-order valence-electron chi connectivity index (χ1n) is 12.4. The van der Waals surface area contributed by atoms with E-state index in [-0.39, 0.29) is 13.0 Å². The van der Waals surface area contributed by atoms with Gasteiger partial charge in [0, 0.05) is 18.5 Å². The van der Waals surface area contributed by atoms with E-state index in [2.05, 4.69) is 16.6 Å². The molecule has 0 bridgehead atoms. The molecular formula is C28H34N2O10. The van der Waals surface area contributed by atoms with Gasteiger partial charge >= 0.3 is 5.97 Å². The number of ether oxygens (including phenoxy) is 1. The molecular weight excluding hydrogens is 524 g/mol. The van der Waals surface area contributed by atoms with Crippen molar-refractivity contribution in [1.82, 2.24) is 10.6 Å². The molecule has 12 nitrogen and oxygen atoms in total. The summed E-state index contributed by atoms with van der Waals surface area (Å²) < 4.78 is 5.38. The maximum Gasteiger partial charge on any atom is 0.332 e. The number of nitrogens with one attached hydrogen (secondary N) is 2. The fourth-order valence-corrected chi connectivity index (χ4v) is 3.76. The van der Waals surface area contributed by atoms with Gasteiger partial charge in [-0.2, -0.15) is 0 Å². The SMILES string of the molecule is C#Cc1ccc(CC(=O)NC[C@@H](O)[C@@H](O)C(O)[C@H](NC(=O)CO)[C@@H](O)C[C@H](OCc2ccccc2)C(=O)O)cc1. The zero-order valence-corrected chi connectivity index (χ0v) is 21.6. The van der Waals surface area contributed by atoms with E-state index in [0.29, 0.717) is 16.7 Å². The van der Waals surface area contributed by atoms with Crippen molar-refractivity contribution >= 4 is 17.8 Å². The van der Waals surface area contributed by atoms with Crippen LogP contribution < -0.4 is 10.6 Å². The number of carboxylic acid groups (broad SMARTS) is 1. The second-order valence-corrected chi connectivity index (χ2v) is 9.05. The minimum atomic E-state index is -2.03. The third kappa shape index (κ3) is 10.4. The number of terminal acetylenes is 1. The first kappa shape index (κ1) is 32.4. The third-order valence-electron chi connectivity index (χ3n) is 6.02. The Bertz CT molecular complexity index is 1140. The van der Waals surface area contributed by atoms with E-state index in [9.17, 15) is 39.9 Å². The molecule has 0 saturated carbocycles. The highest BCUT2D eigenvalue weighted by Gasteiger charge is 2.38. The van der Waals surface area contributed by atoms with Crippen molar-refractivity contribution in [3.05, 3.63) is 71.3 Å². The molecule has 8 N–H and O–H groups in total. The number of aliphatic carboxylic acids is 1. The van der Waals surface area contributed by atoms with Gasteiger partial charge in [0.15, 0.2) is 6.10 Å². The van der Waals surface area contributed by atoms with Crippen LogP contribution in [0.3, 0.4) is 0 Å². The van der Waals surface area contributed by atoms with E-state index in [4.69, 9.17) is 16.3 Å². The zero-order chi connectivity index (χ0) is 29.7. The van der Waals surface area contributed by atoms with E-state index < -0.39 is 73.9 Å². The van der Waals surface area contributed by atoms with E-state index in [0.717, 1.165) is 0 Å². The van der Waals surface area contributed by atoms with Crippen LogP contribution in [0.2, 0.25) is 0 Å². The second kappa shape index (κ2) is 16.3. The Balaban J connectivity index is 2.01. The largest absolute Gasteiger partial charge is 0.479 e. The summed E-state index contributed by atoms with van der Waals surface area (Å²) in [7, 11) is 0. The van der Waals surface area contributed by atoms with Gasteiger partial charge in [-0.25, -0.2) is 4.79 Å². The summed E-state index contributed by atoms with van der Waals surface area (Å²) in [6, 6.07) is 13.6. The summed E-state index contributed by atoms with van der Waals surface area (Å²) in [6.07, 6.45) is -4.49. The van der Waals surface area contributed by atoms with Crippen LogP contribution in [0.15, 0.2) is 54.6 Å². The van der Waals surface area contributed by atoms with Gasteiger partial charge in [0.25, 0.3) is 0 Å². The molecule has 1 unspecified atom stereocenters. The highest BCUT2D eigenvalue weighted by atomic mass is 16.5. The van der Waals surface area contributed by atoms with Crippen LogP contribution in [0.5, 0.6) is 0 Å². The topological polar surface area (TPSA) is 206 Å². The van der Waals surface area contributed by atoms with Gasteiger partial charge in [-0.1, -0.05) is 48.4 Å². The Morgan fingerprint density at radius 2 is 1.52 bits per heavy atom. The summed E-state index contributed by atoms with van der Waals surface area (Å²) in [6.45, 7) is -1.62. The van der Waals surface area contributed by atoms with Crippen molar-refractivity contribution in [3.8, 4) is 12.3 Å². The van der Waals surface area contributed by atoms with Crippen molar-refractivity contribution in [3.63, 3.8) is 0 Å². The minimum Gasteiger partial charge on any atom is -0.479 e. The van der Waals surface area contributed by atoms with Gasteiger partial charge in [0.1, 0.15) is 18.8 Å². The van der Waals surface area contributed by atoms with Gasteiger partial charge in [0.05, 0.1) is 31.3 Å². The lowest BCUT2D eigenvalue weighted by atomic mass is 9.93. The van der Waals surface area contributed by atoms with Gasteiger partial charge < -0.3 is 46.0 Å². The van der Waals surface area contributed by atoms with Crippen LogP contribution in [0, 0.1) is 12.3 Å². The number of carbonyl (C=O) groups is 3. The predicted octanol–water partition coefficient (Wildman–Crippen LogP) is -1.69. The molecule has 0 heterocycles. The van der Waals surface area contributed by atoms with Gasteiger partial charge in [-0.3, -0.25) is 9.59 Å². The molecule has 0 spiro atoms. The molecule has 0 aliphatic carbocycles. The average Bonchev–Trinajstić information content (AvgIpc) is 2.96. The van der Waals surface area contributed by atoms with E-state index in [1.165, 1.54) is 0 Å². The molecule has 12 heteroatoms. The maximum atomic E-state index is 12.2. The van der Waals surface area contributed by atoms with E-state index >= 15 is 0 Å². The van der Waals surface area contributed by atoms with Gasteiger partial charge in [-0.15, -0.1) is 6.42 Å². The molecule has 216 valence electrons. The Hall–Kier alpha value is -3.83. The molecule has 0 fully saturated rings. The number of carboxylic acids is 1. The van der Waals surface area contributed by atoms with Crippen molar-refractivity contribution in [2.45, 2.75) is 56.0 Å². The number of rotatable bonds is 16. The molecule has 2 rings (SSSR count). The van der Waals surface area contributed by atoms with Crippen LogP contribution >= 0.6 is 0 Å². The normalized spacial score (nSPS) is 15.5. The lowest BCUT2D eigenvalue weighted by Gasteiger charge is -2.33. The van der Waals surface area contributed by atoms with Crippen LogP contribution in [-0.4, -0.2) is 98.1 Å². The van der Waals surface area contributed by atoms with Crippen LogP contribution in [0.25, 0.3) is 0 Å². The molecule has 2 amide bonds. The van der Waals surface area contributed by atoms with Crippen LogP contribution in [-0.2, 0) is 32.1 Å². The summed E-state index contributed by atoms with van der Waals surface area (Å²) in [4.78, 5) is 35.8. The lowest BCUT2D eigenvalue weighted by Crippen LogP contribution is -2.59. The number of amides is 2. The first-order chi connectivity index (χ1) is 19.0. The Kier molecular flexibility index (Phi) is 13.2. The molecule has 6 atom stereocenters. The quantitative estimate of drug-likeness (QED) is 0.110. The van der Waals surface area contributed by atoms with Crippen molar-refractivity contribution in [1.29, 1.82) is 0 Å². The molecule has 2 aromatic carbocycles. The highest BCUT2D eigenvalue weighted by molar-refractivity contribution is 5.78. The van der Waals surface area contributed by atoms with E-state index in [1.807, 2.05) is 0 Å². The van der Waals surface area contributed by atoms with Crippen molar-refractivity contribution in [2.75, 3.05) is 13.2 Å². The average molecular weight is 559 g/mol. The van der Waals surface area contributed by atoms with Crippen LogP contribution in [0.1, 0.15) is 23.1 Å². The molecule has 2 aromatic rings. The number of hydrogen-bond acceptors (Lipinski definition) is 9. The number of carbonyl (C=O) groups excluding carboxylic acids is 2. The number of aliphatic hydroxyl groups is 5.